The number of halogens is 2. The van der Waals surface area contributed by atoms with Gasteiger partial charge >= 0.3 is 0 Å². The first kappa shape index (κ1) is 14.1. The summed E-state index contributed by atoms with van der Waals surface area (Å²) in [4.78, 5) is 12.0. The van der Waals surface area contributed by atoms with E-state index in [9.17, 15) is 4.79 Å². The van der Waals surface area contributed by atoms with E-state index in [0.717, 1.165) is 4.47 Å². The highest BCUT2D eigenvalue weighted by atomic mass is 79.9. The predicted molar refractivity (Wildman–Crippen MR) is 75.2 cm³/mol. The van der Waals surface area contributed by atoms with Crippen molar-refractivity contribution in [3.63, 3.8) is 0 Å². The number of amides is 1. The highest BCUT2D eigenvalue weighted by Crippen LogP contribution is 2.14. The average molecular weight is 347 g/mol. The molecule has 2 aromatic heterocycles. The summed E-state index contributed by atoms with van der Waals surface area (Å²) in [5.74, 6) is -0.226. The third-order valence-corrected chi connectivity index (χ3v) is 3.22. The molecule has 1 amide bonds. The van der Waals surface area contributed by atoms with Crippen LogP contribution in [0.3, 0.4) is 0 Å². The molecule has 2 heterocycles. The molecule has 19 heavy (non-hydrogen) atoms. The standard InChI is InChI=1S/C11H13BrClN5O/c1-2-18-10(9(13)6-16-18)11(19)14-3-4-17-7-8(12)5-15-17/h5-7H,2-4H2,1H3,(H,14,19). The summed E-state index contributed by atoms with van der Waals surface area (Å²) in [7, 11) is 0. The number of nitrogens with one attached hydrogen (secondary N) is 1. The van der Waals surface area contributed by atoms with Gasteiger partial charge in [0, 0.05) is 19.3 Å². The molecule has 0 radical (unpaired) electrons. The van der Waals surface area contributed by atoms with Crippen molar-refractivity contribution in [2.75, 3.05) is 6.54 Å². The van der Waals surface area contributed by atoms with Crippen LogP contribution in [0.25, 0.3) is 0 Å². The number of carbonyl (C=O) groups is 1. The third-order valence-electron chi connectivity index (χ3n) is 2.54. The Hall–Kier alpha value is -1.34. The average Bonchev–Trinajstić information content (AvgIpc) is 2.95. The van der Waals surface area contributed by atoms with Gasteiger partial charge in [0.05, 0.1) is 28.4 Å². The SMILES string of the molecule is CCn1ncc(Cl)c1C(=O)NCCn1cc(Br)cn1. The van der Waals surface area contributed by atoms with E-state index >= 15 is 0 Å². The van der Waals surface area contributed by atoms with Gasteiger partial charge in [0.25, 0.3) is 5.91 Å². The molecule has 0 spiro atoms. The Morgan fingerprint density at radius 1 is 1.47 bits per heavy atom. The number of rotatable bonds is 5. The smallest absolute Gasteiger partial charge is 0.271 e. The topological polar surface area (TPSA) is 64.7 Å². The van der Waals surface area contributed by atoms with Crippen LogP contribution < -0.4 is 5.32 Å². The maximum atomic E-state index is 12.0. The zero-order chi connectivity index (χ0) is 13.8. The second-order valence-electron chi connectivity index (χ2n) is 3.83. The fourth-order valence-corrected chi connectivity index (χ4v) is 2.21. The zero-order valence-electron chi connectivity index (χ0n) is 10.3. The van der Waals surface area contributed by atoms with Crippen LogP contribution in [0.4, 0.5) is 0 Å². The summed E-state index contributed by atoms with van der Waals surface area (Å²) < 4.78 is 4.22. The Labute approximate surface area is 123 Å². The molecule has 6 nitrogen and oxygen atoms in total. The Morgan fingerprint density at radius 3 is 2.89 bits per heavy atom. The first-order valence-corrected chi connectivity index (χ1v) is 6.96. The number of aromatic nitrogens is 4. The van der Waals surface area contributed by atoms with Gasteiger partial charge in [0.1, 0.15) is 5.69 Å². The van der Waals surface area contributed by atoms with E-state index in [1.165, 1.54) is 6.20 Å². The molecular weight excluding hydrogens is 334 g/mol. The lowest BCUT2D eigenvalue weighted by Gasteiger charge is -2.07. The lowest BCUT2D eigenvalue weighted by atomic mass is 10.4. The molecule has 0 fully saturated rings. The number of hydrogen-bond acceptors (Lipinski definition) is 3. The maximum Gasteiger partial charge on any atom is 0.271 e. The van der Waals surface area contributed by atoms with E-state index in [4.69, 9.17) is 11.6 Å². The van der Waals surface area contributed by atoms with Crippen molar-refractivity contribution in [3.8, 4) is 0 Å². The lowest BCUT2D eigenvalue weighted by molar-refractivity contribution is 0.0941. The molecule has 0 aliphatic heterocycles. The van der Waals surface area contributed by atoms with Crippen molar-refractivity contribution >= 4 is 33.4 Å². The Bertz CT molecular complexity index is 579. The Morgan fingerprint density at radius 2 is 2.26 bits per heavy atom. The van der Waals surface area contributed by atoms with E-state index in [-0.39, 0.29) is 5.91 Å². The number of aryl methyl sites for hydroxylation is 1. The molecule has 0 saturated heterocycles. The van der Waals surface area contributed by atoms with Gasteiger partial charge in [0.15, 0.2) is 0 Å². The van der Waals surface area contributed by atoms with Crippen molar-refractivity contribution in [3.05, 3.63) is 33.8 Å². The van der Waals surface area contributed by atoms with E-state index < -0.39 is 0 Å². The minimum Gasteiger partial charge on any atom is -0.349 e. The zero-order valence-corrected chi connectivity index (χ0v) is 12.6. The van der Waals surface area contributed by atoms with Crippen LogP contribution in [0.5, 0.6) is 0 Å². The quantitative estimate of drug-likeness (QED) is 0.900. The first-order chi connectivity index (χ1) is 9.11. The molecule has 0 aromatic carbocycles. The summed E-state index contributed by atoms with van der Waals surface area (Å²) in [6, 6.07) is 0. The van der Waals surface area contributed by atoms with Crippen LogP contribution in [0.15, 0.2) is 23.1 Å². The normalized spacial score (nSPS) is 10.7. The fraction of sp³-hybridized carbons (Fsp3) is 0.364. The Balaban J connectivity index is 1.92. The predicted octanol–water partition coefficient (Wildman–Crippen LogP) is 1.95. The van der Waals surface area contributed by atoms with Gasteiger partial charge in [-0.25, -0.2) is 0 Å². The van der Waals surface area contributed by atoms with Gasteiger partial charge in [-0.1, -0.05) is 11.6 Å². The van der Waals surface area contributed by atoms with Gasteiger partial charge in [0.2, 0.25) is 0 Å². The molecule has 0 unspecified atom stereocenters. The Kier molecular flexibility index (Phi) is 4.60. The van der Waals surface area contributed by atoms with Crippen LogP contribution in [0.2, 0.25) is 5.02 Å². The summed E-state index contributed by atoms with van der Waals surface area (Å²) in [6.45, 7) is 3.57. The van der Waals surface area contributed by atoms with Crippen LogP contribution in [0, 0.1) is 0 Å². The number of carbonyl (C=O) groups excluding carboxylic acids is 1. The van der Waals surface area contributed by atoms with Gasteiger partial charge in [-0.3, -0.25) is 14.2 Å². The van der Waals surface area contributed by atoms with Crippen molar-refractivity contribution in [1.82, 2.24) is 24.9 Å². The van der Waals surface area contributed by atoms with Gasteiger partial charge in [-0.05, 0) is 22.9 Å². The summed E-state index contributed by atoms with van der Waals surface area (Å²) in [6.07, 6.45) is 5.02. The molecule has 1 N–H and O–H groups in total. The van der Waals surface area contributed by atoms with Crippen LogP contribution >= 0.6 is 27.5 Å². The first-order valence-electron chi connectivity index (χ1n) is 5.79. The largest absolute Gasteiger partial charge is 0.349 e. The molecule has 2 aromatic rings. The van der Waals surface area contributed by atoms with Crippen molar-refractivity contribution in [2.24, 2.45) is 0 Å². The van der Waals surface area contributed by atoms with Crippen molar-refractivity contribution < 1.29 is 4.79 Å². The molecular formula is C11H13BrClN5O. The van der Waals surface area contributed by atoms with Gasteiger partial charge in [-0.15, -0.1) is 0 Å². The molecule has 0 aliphatic rings. The maximum absolute atomic E-state index is 12.0. The molecule has 2 rings (SSSR count). The van der Waals surface area contributed by atoms with Crippen LogP contribution in [0.1, 0.15) is 17.4 Å². The molecule has 0 saturated carbocycles. The minimum atomic E-state index is -0.226. The summed E-state index contributed by atoms with van der Waals surface area (Å²) in [5.41, 5.74) is 0.394. The van der Waals surface area contributed by atoms with Crippen molar-refractivity contribution in [1.29, 1.82) is 0 Å². The van der Waals surface area contributed by atoms with Gasteiger partial charge in [-0.2, -0.15) is 10.2 Å². The molecule has 0 bridgehead atoms. The highest BCUT2D eigenvalue weighted by molar-refractivity contribution is 9.10. The van der Waals surface area contributed by atoms with Crippen LogP contribution in [-0.2, 0) is 13.1 Å². The third kappa shape index (κ3) is 3.36. The van der Waals surface area contributed by atoms with Crippen LogP contribution in [-0.4, -0.2) is 32.0 Å². The molecule has 0 atom stereocenters. The van der Waals surface area contributed by atoms with E-state index in [0.29, 0.717) is 30.4 Å². The fourth-order valence-electron chi connectivity index (χ4n) is 1.66. The van der Waals surface area contributed by atoms with E-state index in [2.05, 4.69) is 31.4 Å². The summed E-state index contributed by atoms with van der Waals surface area (Å²) in [5, 5.41) is 11.3. The summed E-state index contributed by atoms with van der Waals surface area (Å²) >= 11 is 9.26. The van der Waals surface area contributed by atoms with Crippen molar-refractivity contribution in [2.45, 2.75) is 20.0 Å². The second kappa shape index (κ2) is 6.21. The van der Waals surface area contributed by atoms with Gasteiger partial charge < -0.3 is 5.32 Å². The lowest BCUT2D eigenvalue weighted by Crippen LogP contribution is -2.29. The minimum absolute atomic E-state index is 0.226. The number of hydrogen-bond donors (Lipinski definition) is 1. The molecule has 102 valence electrons. The molecule has 8 heteroatoms. The van der Waals surface area contributed by atoms with E-state index in [1.54, 1.807) is 15.6 Å². The van der Waals surface area contributed by atoms with E-state index in [1.807, 2.05) is 13.1 Å². The molecule has 0 aliphatic carbocycles. The number of nitrogens with zero attached hydrogens (tertiary/aromatic N) is 4. The highest BCUT2D eigenvalue weighted by Gasteiger charge is 2.16. The second-order valence-corrected chi connectivity index (χ2v) is 5.16. The monoisotopic (exact) mass is 345 g/mol.